The van der Waals surface area contributed by atoms with Crippen molar-refractivity contribution < 1.29 is 22.2 Å². The maximum atomic E-state index is 13.7. The molecule has 0 saturated heterocycles. The minimum absolute atomic E-state index is 0.0836. The molecule has 0 unspecified atom stereocenters. The standard InChI is InChI=1S/C25H36N2O5S2Si/c1-7-8-16-26-31-32-33-24-18-21-15-14-20(19-30-35(5,6)25(2,3)4)17-23(21)27(24)34(28,29)22-12-10-9-11-13-22/h9-15,17-18,26H,7-8,16,19H2,1-6H3. The Kier molecular flexibility index (Phi) is 9.25. The lowest BCUT2D eigenvalue weighted by Crippen LogP contribution is -2.40. The van der Waals surface area contributed by atoms with E-state index in [1.54, 1.807) is 36.4 Å². The van der Waals surface area contributed by atoms with Gasteiger partial charge in [-0.2, -0.15) is 5.48 Å². The number of nitrogens with zero attached hydrogens (tertiary/aromatic N) is 1. The molecule has 0 amide bonds. The van der Waals surface area contributed by atoms with E-state index in [0.29, 0.717) is 23.7 Å². The molecule has 192 valence electrons. The average molecular weight is 537 g/mol. The first-order valence-corrected chi connectivity index (χ1v) is 16.9. The van der Waals surface area contributed by atoms with E-state index in [9.17, 15) is 8.42 Å². The van der Waals surface area contributed by atoms with Crippen LogP contribution in [0.5, 0.6) is 0 Å². The Morgan fingerprint density at radius 1 is 1.06 bits per heavy atom. The van der Waals surface area contributed by atoms with E-state index >= 15 is 0 Å². The Morgan fingerprint density at radius 2 is 1.77 bits per heavy atom. The van der Waals surface area contributed by atoms with Crippen LogP contribution in [0.15, 0.2) is 64.5 Å². The number of hydroxylamine groups is 1. The Bertz CT molecular complexity index is 1220. The molecule has 0 atom stereocenters. The molecule has 10 heteroatoms. The van der Waals surface area contributed by atoms with E-state index in [1.165, 1.54) is 3.97 Å². The lowest BCUT2D eigenvalue weighted by atomic mass is 10.2. The van der Waals surface area contributed by atoms with Crippen LogP contribution in [-0.4, -0.2) is 27.3 Å². The Labute approximate surface area is 214 Å². The molecule has 35 heavy (non-hydrogen) atoms. The van der Waals surface area contributed by atoms with Crippen molar-refractivity contribution in [2.75, 3.05) is 6.54 Å². The molecular formula is C25H36N2O5S2Si. The van der Waals surface area contributed by atoms with E-state index in [-0.39, 0.29) is 9.93 Å². The van der Waals surface area contributed by atoms with Gasteiger partial charge in [-0.1, -0.05) is 64.4 Å². The Hall–Kier alpha value is -1.66. The fraction of sp³-hybridized carbons (Fsp3) is 0.440. The van der Waals surface area contributed by atoms with Crippen LogP contribution in [0.4, 0.5) is 0 Å². The zero-order valence-electron chi connectivity index (χ0n) is 21.3. The van der Waals surface area contributed by atoms with Crippen LogP contribution in [0.2, 0.25) is 18.1 Å². The van der Waals surface area contributed by atoms with E-state index in [0.717, 1.165) is 35.8 Å². The Balaban J connectivity index is 1.96. The largest absolute Gasteiger partial charge is 0.413 e. The number of unbranched alkanes of at least 4 members (excludes halogenated alkanes) is 1. The highest BCUT2D eigenvalue weighted by Crippen LogP contribution is 2.38. The highest BCUT2D eigenvalue weighted by Gasteiger charge is 2.37. The predicted octanol–water partition coefficient (Wildman–Crippen LogP) is 6.66. The molecule has 0 fully saturated rings. The van der Waals surface area contributed by atoms with Crippen molar-refractivity contribution in [3.05, 3.63) is 60.2 Å². The summed E-state index contributed by atoms with van der Waals surface area (Å²) in [5.41, 5.74) is 4.20. The van der Waals surface area contributed by atoms with Crippen molar-refractivity contribution >= 4 is 41.3 Å². The summed E-state index contributed by atoms with van der Waals surface area (Å²) in [6.45, 7) is 14.1. The number of hydrogen-bond acceptors (Lipinski definition) is 7. The molecule has 3 aromatic rings. The van der Waals surface area contributed by atoms with Gasteiger partial charge >= 0.3 is 0 Å². The summed E-state index contributed by atoms with van der Waals surface area (Å²) in [6, 6.07) is 15.9. The third-order valence-electron chi connectivity index (χ3n) is 6.32. The van der Waals surface area contributed by atoms with E-state index < -0.39 is 18.3 Å². The molecule has 1 aromatic heterocycles. The second-order valence-electron chi connectivity index (χ2n) is 9.99. The normalized spacial score (nSPS) is 13.0. The second kappa shape index (κ2) is 11.6. The second-order valence-corrected chi connectivity index (χ2v) is 17.3. The van der Waals surface area contributed by atoms with Gasteiger partial charge in [0, 0.05) is 11.9 Å². The molecule has 0 aliphatic carbocycles. The number of rotatable bonds is 12. The zero-order chi connectivity index (χ0) is 25.7. The van der Waals surface area contributed by atoms with Gasteiger partial charge in [0.25, 0.3) is 10.0 Å². The van der Waals surface area contributed by atoms with Gasteiger partial charge in [0.15, 0.2) is 8.32 Å². The Morgan fingerprint density at radius 3 is 2.43 bits per heavy atom. The van der Waals surface area contributed by atoms with Gasteiger partial charge in [0.05, 0.1) is 29.1 Å². The molecule has 1 heterocycles. The van der Waals surface area contributed by atoms with Crippen LogP contribution >= 0.6 is 12.0 Å². The summed E-state index contributed by atoms with van der Waals surface area (Å²) in [5.74, 6) is 0. The summed E-state index contributed by atoms with van der Waals surface area (Å²) in [6.07, 6.45) is 1.96. The maximum Gasteiger partial charge on any atom is 0.269 e. The first-order valence-electron chi connectivity index (χ1n) is 11.8. The van der Waals surface area contributed by atoms with Gasteiger partial charge in [-0.3, -0.25) is 0 Å². The van der Waals surface area contributed by atoms with Crippen molar-refractivity contribution in [1.29, 1.82) is 0 Å². The molecule has 0 aliphatic heterocycles. The SMILES string of the molecule is CCCCNOOSc1cc2ccc(CO[Si](C)(C)C(C)(C)C)cc2n1S(=O)(=O)c1ccccc1. The summed E-state index contributed by atoms with van der Waals surface area (Å²) in [5, 5.41) is 1.26. The van der Waals surface area contributed by atoms with Crippen molar-refractivity contribution in [1.82, 2.24) is 9.45 Å². The third kappa shape index (κ3) is 6.76. The first-order chi connectivity index (χ1) is 16.5. The van der Waals surface area contributed by atoms with Gasteiger partial charge in [-0.25, -0.2) is 12.4 Å². The molecule has 0 radical (unpaired) electrons. The molecule has 0 saturated carbocycles. The fourth-order valence-electron chi connectivity index (χ4n) is 3.14. The lowest BCUT2D eigenvalue weighted by molar-refractivity contribution is -0.244. The topological polar surface area (TPSA) is 78.8 Å². The van der Waals surface area contributed by atoms with Crippen molar-refractivity contribution in [2.24, 2.45) is 0 Å². The number of benzene rings is 2. The molecule has 0 bridgehead atoms. The van der Waals surface area contributed by atoms with Gasteiger partial charge in [-0.15, -0.1) is 9.32 Å². The van der Waals surface area contributed by atoms with Crippen LogP contribution in [0.1, 0.15) is 46.1 Å². The number of hydrogen-bond donors (Lipinski definition) is 1. The third-order valence-corrected chi connectivity index (χ3v) is 13.3. The smallest absolute Gasteiger partial charge is 0.269 e. The minimum Gasteiger partial charge on any atom is -0.413 e. The average Bonchev–Trinajstić information content (AvgIpc) is 3.18. The molecule has 0 spiro atoms. The van der Waals surface area contributed by atoms with E-state index in [1.807, 2.05) is 18.2 Å². The highest BCUT2D eigenvalue weighted by molar-refractivity contribution is 7.96. The van der Waals surface area contributed by atoms with Crippen LogP contribution in [0, 0.1) is 0 Å². The number of aromatic nitrogens is 1. The number of nitrogens with one attached hydrogen (secondary N) is 1. The fourth-order valence-corrected chi connectivity index (χ4v) is 6.40. The summed E-state index contributed by atoms with van der Waals surface area (Å²) < 4.78 is 40.3. The van der Waals surface area contributed by atoms with Crippen LogP contribution in [0.25, 0.3) is 10.9 Å². The molecule has 1 N–H and O–H groups in total. The van der Waals surface area contributed by atoms with Gasteiger partial charge in [-0.05, 0) is 54.4 Å². The summed E-state index contributed by atoms with van der Waals surface area (Å²) in [7, 11) is -5.84. The van der Waals surface area contributed by atoms with Crippen molar-refractivity contribution in [3.63, 3.8) is 0 Å². The predicted molar refractivity (Wildman–Crippen MR) is 144 cm³/mol. The monoisotopic (exact) mass is 536 g/mol. The van der Waals surface area contributed by atoms with Crippen LogP contribution in [0.3, 0.4) is 0 Å². The lowest BCUT2D eigenvalue weighted by Gasteiger charge is -2.36. The number of fused-ring (bicyclic) bond motifs is 1. The molecule has 0 aliphatic rings. The molecule has 3 rings (SSSR count). The summed E-state index contributed by atoms with van der Waals surface area (Å²) in [4.78, 5) is 5.23. The van der Waals surface area contributed by atoms with Crippen molar-refractivity contribution in [2.45, 2.75) is 75.2 Å². The maximum absolute atomic E-state index is 13.7. The molecule has 2 aromatic carbocycles. The minimum atomic E-state index is -3.88. The first kappa shape index (κ1) is 27.9. The van der Waals surface area contributed by atoms with Crippen molar-refractivity contribution in [3.8, 4) is 0 Å². The molecular weight excluding hydrogens is 501 g/mol. The quantitative estimate of drug-likeness (QED) is 0.0911. The zero-order valence-corrected chi connectivity index (χ0v) is 24.0. The highest BCUT2D eigenvalue weighted by atomic mass is 32.2. The van der Waals surface area contributed by atoms with E-state index in [4.69, 9.17) is 13.7 Å². The van der Waals surface area contributed by atoms with E-state index in [2.05, 4.69) is 46.3 Å². The van der Waals surface area contributed by atoms with Crippen LogP contribution < -0.4 is 5.48 Å². The van der Waals surface area contributed by atoms with Gasteiger partial charge < -0.3 is 4.43 Å². The van der Waals surface area contributed by atoms with Gasteiger partial charge in [0.2, 0.25) is 0 Å². The van der Waals surface area contributed by atoms with Crippen LogP contribution in [-0.2, 0) is 30.4 Å². The van der Waals surface area contributed by atoms with Gasteiger partial charge in [0.1, 0.15) is 5.03 Å². The molecule has 7 nitrogen and oxygen atoms in total. The summed E-state index contributed by atoms with van der Waals surface area (Å²) >= 11 is 0.854.